The molecule has 1 saturated heterocycles. The van der Waals surface area contributed by atoms with E-state index in [1.54, 1.807) is 53.7 Å². The van der Waals surface area contributed by atoms with E-state index in [2.05, 4.69) is 20.1 Å². The second-order valence-electron chi connectivity index (χ2n) is 7.90. The van der Waals surface area contributed by atoms with Gasteiger partial charge in [0.1, 0.15) is 5.82 Å². The Morgan fingerprint density at radius 2 is 1.91 bits per heavy atom. The minimum atomic E-state index is -0.322. The van der Waals surface area contributed by atoms with E-state index in [0.717, 1.165) is 30.4 Å². The fraction of sp³-hybridized carbons (Fsp3) is 0.208. The molecule has 9 heteroatoms. The summed E-state index contributed by atoms with van der Waals surface area (Å²) in [5, 5.41) is 4.16. The lowest BCUT2D eigenvalue weighted by atomic mass is 9.93. The van der Waals surface area contributed by atoms with Crippen molar-refractivity contribution in [1.82, 2.24) is 29.6 Å². The Labute approximate surface area is 189 Å². The second kappa shape index (κ2) is 8.78. The van der Waals surface area contributed by atoms with Crippen molar-refractivity contribution >= 4 is 11.9 Å². The van der Waals surface area contributed by atoms with Crippen molar-refractivity contribution in [3.05, 3.63) is 84.3 Å². The number of amides is 1. The zero-order valence-corrected chi connectivity index (χ0v) is 17.8. The fourth-order valence-corrected chi connectivity index (χ4v) is 4.19. The number of halogens is 1. The van der Waals surface area contributed by atoms with Crippen LogP contribution in [0.1, 0.15) is 41.4 Å². The molecule has 166 valence electrons. The van der Waals surface area contributed by atoms with Gasteiger partial charge in [-0.05, 0) is 55.2 Å². The zero-order valence-electron chi connectivity index (χ0n) is 17.8. The van der Waals surface area contributed by atoms with E-state index in [-0.39, 0.29) is 23.7 Å². The highest BCUT2D eigenvalue weighted by molar-refractivity contribution is 5.94. The van der Waals surface area contributed by atoms with Crippen LogP contribution in [0.2, 0.25) is 0 Å². The maximum atomic E-state index is 13.5. The predicted octanol–water partition coefficient (Wildman–Crippen LogP) is 3.81. The van der Waals surface area contributed by atoms with Crippen molar-refractivity contribution in [2.75, 3.05) is 12.3 Å². The van der Waals surface area contributed by atoms with Crippen LogP contribution in [-0.2, 0) is 0 Å². The highest BCUT2D eigenvalue weighted by atomic mass is 19.1. The number of carbonyl (C=O) groups excluding carboxylic acids is 1. The number of carbonyl (C=O) groups is 1. The SMILES string of the molecule is Nc1ncc(-c2ccc(F)cc2)c([C@@H]2CCCCN2C(=O)c2ccc(-n3cccn3)nc2)n1. The van der Waals surface area contributed by atoms with Gasteiger partial charge in [-0.1, -0.05) is 12.1 Å². The first-order chi connectivity index (χ1) is 16.1. The number of rotatable bonds is 4. The molecule has 1 amide bonds. The Hall–Kier alpha value is -4.14. The van der Waals surface area contributed by atoms with Crippen molar-refractivity contribution in [1.29, 1.82) is 0 Å². The van der Waals surface area contributed by atoms with Gasteiger partial charge >= 0.3 is 0 Å². The van der Waals surface area contributed by atoms with E-state index in [4.69, 9.17) is 5.73 Å². The summed E-state index contributed by atoms with van der Waals surface area (Å²) in [4.78, 5) is 28.4. The lowest BCUT2D eigenvalue weighted by Gasteiger charge is -2.36. The van der Waals surface area contributed by atoms with Gasteiger partial charge in [0.2, 0.25) is 5.95 Å². The summed E-state index contributed by atoms with van der Waals surface area (Å²) in [6.45, 7) is 0.594. The maximum absolute atomic E-state index is 13.5. The van der Waals surface area contributed by atoms with E-state index in [0.29, 0.717) is 23.6 Å². The normalized spacial score (nSPS) is 16.0. The van der Waals surface area contributed by atoms with E-state index < -0.39 is 0 Å². The van der Waals surface area contributed by atoms with Crippen molar-refractivity contribution < 1.29 is 9.18 Å². The van der Waals surface area contributed by atoms with E-state index in [1.807, 2.05) is 11.0 Å². The van der Waals surface area contributed by atoms with Crippen LogP contribution >= 0.6 is 0 Å². The Balaban J connectivity index is 1.49. The number of piperidine rings is 1. The van der Waals surface area contributed by atoms with Gasteiger partial charge in [0.25, 0.3) is 5.91 Å². The van der Waals surface area contributed by atoms with Gasteiger partial charge in [-0.3, -0.25) is 4.79 Å². The molecular formula is C24H22FN7O. The molecule has 5 rings (SSSR count). The maximum Gasteiger partial charge on any atom is 0.255 e. The molecule has 1 fully saturated rings. The second-order valence-corrected chi connectivity index (χ2v) is 7.90. The molecule has 0 bridgehead atoms. The molecule has 0 aliphatic carbocycles. The average molecular weight is 443 g/mol. The molecule has 4 aromatic rings. The summed E-state index contributed by atoms with van der Waals surface area (Å²) in [7, 11) is 0. The number of likely N-dealkylation sites (tertiary alicyclic amines) is 1. The first-order valence-corrected chi connectivity index (χ1v) is 10.8. The standard InChI is InChI=1S/C24H22FN7O/c25-18-8-5-16(6-9-18)19-15-28-24(26)30-22(19)20-4-1-2-12-31(20)23(33)17-7-10-21(27-14-17)32-13-3-11-29-32/h3,5-11,13-15,20H,1-2,4,12H2,(H2,26,28,30)/t20-/m0/s1. The first kappa shape index (κ1) is 20.7. The van der Waals surface area contributed by atoms with Gasteiger partial charge in [-0.15, -0.1) is 0 Å². The molecule has 1 atom stereocenters. The van der Waals surface area contributed by atoms with Crippen LogP contribution in [0.15, 0.2) is 67.3 Å². The molecule has 0 radical (unpaired) electrons. The molecule has 0 saturated carbocycles. The number of anilines is 1. The lowest BCUT2D eigenvalue weighted by Crippen LogP contribution is -2.39. The fourth-order valence-electron chi connectivity index (χ4n) is 4.19. The number of nitrogens with two attached hydrogens (primary N) is 1. The quantitative estimate of drug-likeness (QED) is 0.514. The first-order valence-electron chi connectivity index (χ1n) is 10.8. The topological polar surface area (TPSA) is 103 Å². The molecule has 1 aromatic carbocycles. The number of nitrogen functional groups attached to an aromatic ring is 1. The van der Waals surface area contributed by atoms with Crippen molar-refractivity contribution in [3.8, 4) is 16.9 Å². The summed E-state index contributed by atoms with van der Waals surface area (Å²) in [6.07, 6.45) is 9.27. The van der Waals surface area contributed by atoms with E-state index in [1.165, 1.54) is 12.1 Å². The molecule has 2 N–H and O–H groups in total. The predicted molar refractivity (Wildman–Crippen MR) is 121 cm³/mol. The van der Waals surface area contributed by atoms with Gasteiger partial charge in [-0.25, -0.2) is 24.0 Å². The molecule has 33 heavy (non-hydrogen) atoms. The van der Waals surface area contributed by atoms with Crippen LogP contribution in [0.5, 0.6) is 0 Å². The van der Waals surface area contributed by atoms with Crippen LogP contribution in [0.3, 0.4) is 0 Å². The molecule has 8 nitrogen and oxygen atoms in total. The van der Waals surface area contributed by atoms with Crippen molar-refractivity contribution in [3.63, 3.8) is 0 Å². The minimum absolute atomic E-state index is 0.124. The average Bonchev–Trinajstić information content (AvgIpc) is 3.39. The lowest BCUT2D eigenvalue weighted by molar-refractivity contribution is 0.0606. The van der Waals surface area contributed by atoms with Crippen LogP contribution < -0.4 is 5.73 Å². The number of hydrogen-bond donors (Lipinski definition) is 1. The monoisotopic (exact) mass is 443 g/mol. The number of benzene rings is 1. The van der Waals surface area contributed by atoms with Crippen molar-refractivity contribution in [2.45, 2.75) is 25.3 Å². The van der Waals surface area contributed by atoms with Gasteiger partial charge in [-0.2, -0.15) is 5.10 Å². The van der Waals surface area contributed by atoms with Gasteiger partial charge in [0.15, 0.2) is 5.82 Å². The molecular weight excluding hydrogens is 421 g/mol. The summed E-state index contributed by atoms with van der Waals surface area (Å²) in [5.41, 5.74) is 8.60. The number of aromatic nitrogens is 5. The van der Waals surface area contributed by atoms with Crippen LogP contribution in [0, 0.1) is 5.82 Å². The van der Waals surface area contributed by atoms with Gasteiger partial charge in [0.05, 0.1) is 17.3 Å². The Bertz CT molecular complexity index is 1260. The van der Waals surface area contributed by atoms with Gasteiger partial charge in [0, 0.05) is 36.9 Å². The number of nitrogens with zero attached hydrogens (tertiary/aromatic N) is 6. The minimum Gasteiger partial charge on any atom is -0.368 e. The highest BCUT2D eigenvalue weighted by Gasteiger charge is 2.32. The molecule has 4 heterocycles. The highest BCUT2D eigenvalue weighted by Crippen LogP contribution is 2.36. The summed E-state index contributed by atoms with van der Waals surface area (Å²) < 4.78 is 15.1. The summed E-state index contributed by atoms with van der Waals surface area (Å²) in [6, 6.07) is 11.2. The van der Waals surface area contributed by atoms with Crippen molar-refractivity contribution in [2.24, 2.45) is 0 Å². The van der Waals surface area contributed by atoms with Crippen LogP contribution in [-0.4, -0.2) is 42.1 Å². The van der Waals surface area contributed by atoms with E-state index >= 15 is 0 Å². The molecule has 1 aliphatic rings. The molecule has 0 spiro atoms. The Kier molecular flexibility index (Phi) is 5.52. The Morgan fingerprint density at radius 1 is 1.06 bits per heavy atom. The Morgan fingerprint density at radius 3 is 2.64 bits per heavy atom. The molecule has 1 aliphatic heterocycles. The smallest absolute Gasteiger partial charge is 0.255 e. The van der Waals surface area contributed by atoms with Crippen LogP contribution in [0.4, 0.5) is 10.3 Å². The third-order valence-electron chi connectivity index (χ3n) is 5.81. The molecule has 0 unspecified atom stereocenters. The molecule has 3 aromatic heterocycles. The number of hydrogen-bond acceptors (Lipinski definition) is 6. The third kappa shape index (κ3) is 4.17. The zero-order chi connectivity index (χ0) is 22.8. The largest absolute Gasteiger partial charge is 0.368 e. The summed E-state index contributed by atoms with van der Waals surface area (Å²) in [5.74, 6) is 0.326. The number of pyridine rings is 1. The van der Waals surface area contributed by atoms with Crippen LogP contribution in [0.25, 0.3) is 16.9 Å². The summed E-state index contributed by atoms with van der Waals surface area (Å²) >= 11 is 0. The van der Waals surface area contributed by atoms with E-state index in [9.17, 15) is 9.18 Å². The van der Waals surface area contributed by atoms with Gasteiger partial charge < -0.3 is 10.6 Å². The third-order valence-corrected chi connectivity index (χ3v) is 5.81.